The summed E-state index contributed by atoms with van der Waals surface area (Å²) in [7, 11) is 0. The smallest absolute Gasteiger partial charge is 0.315 e. The van der Waals surface area contributed by atoms with Gasteiger partial charge in [-0.25, -0.2) is 0 Å². The average Bonchev–Trinajstić information content (AvgIpc) is 1.94. The summed E-state index contributed by atoms with van der Waals surface area (Å²) in [6.45, 7) is 2.84. The van der Waals surface area contributed by atoms with Crippen LogP contribution < -0.4 is 0 Å². The zero-order valence-electron chi connectivity index (χ0n) is 7.26. The molecular weight excluding hydrogens is 401 g/mol. The van der Waals surface area contributed by atoms with Gasteiger partial charge in [0.1, 0.15) is 0 Å². The van der Waals surface area contributed by atoms with E-state index in [-0.39, 0.29) is 0 Å². The molecular formula is C7H15I2O2P. The highest BCUT2D eigenvalue weighted by Gasteiger charge is 2.10. The molecule has 0 fully saturated rings. The number of rotatable bonds is 7. The molecule has 0 heterocycles. The van der Waals surface area contributed by atoms with E-state index < -0.39 is 2.65 Å². The third-order valence-corrected chi connectivity index (χ3v) is 3.64. The van der Waals surface area contributed by atoms with Gasteiger partial charge in [0.15, 0.2) is 0 Å². The first kappa shape index (κ1) is 13.7. The second kappa shape index (κ2) is 8.00. The fourth-order valence-electron chi connectivity index (χ4n) is 0.876. The van der Waals surface area contributed by atoms with Crippen LogP contribution >= 0.6 is 46.7 Å². The second-order valence-corrected chi connectivity index (χ2v) is 16.9. The fourth-order valence-corrected chi connectivity index (χ4v) is 2.40. The lowest BCUT2D eigenvalue weighted by molar-refractivity contribution is 0.325. The molecule has 0 bridgehead atoms. The van der Waals surface area contributed by atoms with Crippen molar-refractivity contribution in [3.63, 3.8) is 0 Å². The van der Waals surface area contributed by atoms with Gasteiger partial charge in [0.05, 0.1) is 6.61 Å². The molecule has 0 rings (SSSR count). The summed E-state index contributed by atoms with van der Waals surface area (Å²) < 4.78 is 13.9. The van der Waals surface area contributed by atoms with Crippen LogP contribution in [0.5, 0.6) is 0 Å². The highest BCUT2D eigenvalue weighted by molar-refractivity contribution is 14.3. The molecule has 0 unspecified atom stereocenters. The van der Waals surface area contributed by atoms with E-state index in [1.807, 2.05) is 44.1 Å². The maximum Gasteiger partial charge on any atom is 0.315 e. The Hall–Kier alpha value is 1.65. The molecule has 0 aromatic rings. The SMILES string of the molecule is CCCCCCCOP(=O)(I)I. The molecule has 74 valence electrons. The molecule has 0 saturated heterocycles. The van der Waals surface area contributed by atoms with E-state index in [1.54, 1.807) is 0 Å². The lowest BCUT2D eigenvalue weighted by Crippen LogP contribution is -1.87. The molecule has 0 aliphatic rings. The van der Waals surface area contributed by atoms with Gasteiger partial charge in [0, 0.05) is 44.1 Å². The van der Waals surface area contributed by atoms with Crippen molar-refractivity contribution in [2.75, 3.05) is 6.61 Å². The van der Waals surface area contributed by atoms with Crippen LogP contribution in [0, 0.1) is 0 Å². The second-order valence-electron chi connectivity index (χ2n) is 2.66. The van der Waals surface area contributed by atoms with Crippen LogP contribution in [0.3, 0.4) is 0 Å². The van der Waals surface area contributed by atoms with E-state index in [1.165, 1.54) is 25.7 Å². The van der Waals surface area contributed by atoms with Crippen molar-refractivity contribution >= 4 is 46.7 Å². The van der Waals surface area contributed by atoms with Gasteiger partial charge in [0.25, 0.3) is 0 Å². The standard InChI is InChI=1S/C7H15I2O2P/c1-2-3-4-5-6-7-11-12(8,9)10/h2-7H2,1H3. The Morgan fingerprint density at radius 3 is 2.25 bits per heavy atom. The fraction of sp³-hybridized carbons (Fsp3) is 1.00. The molecule has 12 heavy (non-hydrogen) atoms. The van der Waals surface area contributed by atoms with Gasteiger partial charge in [-0.3, -0.25) is 4.57 Å². The van der Waals surface area contributed by atoms with Crippen molar-refractivity contribution in [2.24, 2.45) is 0 Å². The molecule has 0 aromatic carbocycles. The average molecular weight is 416 g/mol. The van der Waals surface area contributed by atoms with Crippen molar-refractivity contribution in [3.05, 3.63) is 0 Å². The molecule has 0 N–H and O–H groups in total. The summed E-state index contributed by atoms with van der Waals surface area (Å²) in [5, 5.41) is 0. The van der Waals surface area contributed by atoms with Gasteiger partial charge in [-0.1, -0.05) is 32.6 Å². The molecule has 0 amide bonds. The Labute approximate surface area is 101 Å². The first-order valence-electron chi connectivity index (χ1n) is 4.20. The predicted molar refractivity (Wildman–Crippen MR) is 70.4 cm³/mol. The summed E-state index contributed by atoms with van der Waals surface area (Å²) in [6, 6.07) is 0. The van der Waals surface area contributed by atoms with Gasteiger partial charge >= 0.3 is 2.65 Å². The van der Waals surface area contributed by atoms with Crippen LogP contribution in [-0.4, -0.2) is 6.61 Å². The Kier molecular flexibility index (Phi) is 9.10. The third kappa shape index (κ3) is 11.6. The zero-order valence-corrected chi connectivity index (χ0v) is 12.5. The highest BCUT2D eigenvalue weighted by atomic mass is 127. The van der Waals surface area contributed by atoms with E-state index in [0.29, 0.717) is 6.61 Å². The van der Waals surface area contributed by atoms with Gasteiger partial charge < -0.3 is 4.52 Å². The molecule has 2 nitrogen and oxygen atoms in total. The summed E-state index contributed by atoms with van der Waals surface area (Å²) >= 11 is 3.73. The van der Waals surface area contributed by atoms with Crippen LogP contribution in [0.1, 0.15) is 39.0 Å². The quantitative estimate of drug-likeness (QED) is 0.334. The Morgan fingerprint density at radius 1 is 1.17 bits per heavy atom. The molecule has 0 atom stereocenters. The van der Waals surface area contributed by atoms with E-state index >= 15 is 0 Å². The minimum absolute atomic E-state index is 0.646. The molecule has 0 aliphatic carbocycles. The number of unbranched alkanes of at least 4 members (excludes halogenated alkanes) is 4. The van der Waals surface area contributed by atoms with Crippen LogP contribution in [0.4, 0.5) is 0 Å². The number of halogens is 2. The minimum atomic E-state index is -2.28. The van der Waals surface area contributed by atoms with E-state index in [0.717, 1.165) is 6.42 Å². The maximum atomic E-state index is 11.1. The van der Waals surface area contributed by atoms with Crippen LogP contribution in [-0.2, 0) is 9.09 Å². The van der Waals surface area contributed by atoms with E-state index in [9.17, 15) is 4.57 Å². The first-order valence-corrected chi connectivity index (χ1v) is 11.4. The normalized spacial score (nSPS) is 11.9. The maximum absolute atomic E-state index is 11.1. The van der Waals surface area contributed by atoms with Crippen molar-refractivity contribution in [2.45, 2.75) is 39.0 Å². The molecule has 5 heteroatoms. The molecule has 0 aliphatic heterocycles. The minimum Gasteiger partial charge on any atom is -0.315 e. The molecule has 0 spiro atoms. The summed E-state index contributed by atoms with van der Waals surface area (Å²) in [4.78, 5) is 0. The summed E-state index contributed by atoms with van der Waals surface area (Å²) in [5.74, 6) is 0. The summed E-state index contributed by atoms with van der Waals surface area (Å²) in [5.41, 5.74) is 0. The molecule has 0 aromatic heterocycles. The lowest BCUT2D eigenvalue weighted by atomic mass is 10.2. The van der Waals surface area contributed by atoms with Gasteiger partial charge in [0.2, 0.25) is 0 Å². The lowest BCUT2D eigenvalue weighted by Gasteiger charge is -2.04. The molecule has 0 saturated carbocycles. The number of hydrogen-bond donors (Lipinski definition) is 0. The van der Waals surface area contributed by atoms with Crippen molar-refractivity contribution in [3.8, 4) is 0 Å². The van der Waals surface area contributed by atoms with Crippen molar-refractivity contribution in [1.29, 1.82) is 0 Å². The van der Waals surface area contributed by atoms with Crippen LogP contribution in [0.2, 0.25) is 0 Å². The van der Waals surface area contributed by atoms with Gasteiger partial charge in [-0.05, 0) is 6.42 Å². The van der Waals surface area contributed by atoms with E-state index in [2.05, 4.69) is 6.92 Å². The zero-order chi connectivity index (χ0) is 9.45. The largest absolute Gasteiger partial charge is 0.315 e. The predicted octanol–water partition coefficient (Wildman–Crippen LogP) is 4.95. The van der Waals surface area contributed by atoms with Gasteiger partial charge in [-0.15, -0.1) is 0 Å². The Balaban J connectivity index is 3.06. The van der Waals surface area contributed by atoms with Crippen molar-refractivity contribution in [1.82, 2.24) is 0 Å². The first-order chi connectivity index (χ1) is 5.56. The Morgan fingerprint density at radius 2 is 1.75 bits per heavy atom. The van der Waals surface area contributed by atoms with Gasteiger partial charge in [-0.2, -0.15) is 0 Å². The highest BCUT2D eigenvalue weighted by Crippen LogP contribution is 2.63. The topological polar surface area (TPSA) is 26.3 Å². The third-order valence-electron chi connectivity index (χ3n) is 1.49. The van der Waals surface area contributed by atoms with Crippen LogP contribution in [0.25, 0.3) is 0 Å². The van der Waals surface area contributed by atoms with Crippen molar-refractivity contribution < 1.29 is 9.09 Å². The van der Waals surface area contributed by atoms with E-state index in [4.69, 9.17) is 4.52 Å². The van der Waals surface area contributed by atoms with Crippen LogP contribution in [0.15, 0.2) is 0 Å². The Bertz CT molecular complexity index is 146. The molecule has 0 radical (unpaired) electrons. The number of hydrogen-bond acceptors (Lipinski definition) is 2. The monoisotopic (exact) mass is 416 g/mol. The summed E-state index contributed by atoms with van der Waals surface area (Å²) in [6.07, 6.45) is 6.06.